The molecule has 2 aromatic carbocycles. The highest BCUT2D eigenvalue weighted by Crippen LogP contribution is 2.27. The standard InChI is InChI=1S/C20H17Cl2F2N3O2S2/c21-16-10-13(1-3-18(16)23)9-14-12-30-20(25-14)26-5-7-27(8-6-26)31(28,29)15-2-4-19(24)17(22)11-15/h1-4,10-12H,5-9H2. The number of hydrogen-bond acceptors (Lipinski definition) is 5. The van der Waals surface area contributed by atoms with Crippen molar-refractivity contribution in [3.05, 3.63) is 74.7 Å². The molecule has 0 aliphatic carbocycles. The number of aromatic nitrogens is 1. The molecule has 0 unspecified atom stereocenters. The monoisotopic (exact) mass is 503 g/mol. The molecule has 5 nitrogen and oxygen atoms in total. The summed E-state index contributed by atoms with van der Waals surface area (Å²) in [4.78, 5) is 6.63. The molecule has 0 bridgehead atoms. The van der Waals surface area contributed by atoms with E-state index in [-0.39, 0.29) is 28.0 Å². The van der Waals surface area contributed by atoms with Gasteiger partial charge in [0, 0.05) is 38.0 Å². The zero-order valence-electron chi connectivity index (χ0n) is 16.1. The molecule has 11 heteroatoms. The third-order valence-electron chi connectivity index (χ3n) is 4.95. The lowest BCUT2D eigenvalue weighted by Crippen LogP contribution is -2.48. The lowest BCUT2D eigenvalue weighted by Gasteiger charge is -2.33. The fourth-order valence-electron chi connectivity index (χ4n) is 3.29. The molecule has 164 valence electrons. The Morgan fingerprint density at radius 2 is 1.61 bits per heavy atom. The summed E-state index contributed by atoms with van der Waals surface area (Å²) in [5, 5.41) is 2.58. The van der Waals surface area contributed by atoms with Crippen LogP contribution in [0.3, 0.4) is 0 Å². The second kappa shape index (κ2) is 8.99. The van der Waals surface area contributed by atoms with Crippen LogP contribution >= 0.6 is 34.5 Å². The smallest absolute Gasteiger partial charge is 0.243 e. The van der Waals surface area contributed by atoms with Crippen LogP contribution in [0.4, 0.5) is 13.9 Å². The Bertz CT molecular complexity index is 1210. The van der Waals surface area contributed by atoms with E-state index in [1.165, 1.54) is 27.8 Å². The summed E-state index contributed by atoms with van der Waals surface area (Å²) in [7, 11) is -3.75. The molecule has 4 rings (SSSR count). The average Bonchev–Trinajstić information content (AvgIpc) is 3.21. The molecule has 2 heterocycles. The topological polar surface area (TPSA) is 53.5 Å². The van der Waals surface area contributed by atoms with E-state index in [0.717, 1.165) is 28.5 Å². The highest BCUT2D eigenvalue weighted by atomic mass is 35.5. The van der Waals surface area contributed by atoms with Gasteiger partial charge in [0.2, 0.25) is 10.0 Å². The van der Waals surface area contributed by atoms with Crippen LogP contribution in [-0.4, -0.2) is 43.9 Å². The molecule has 0 radical (unpaired) electrons. The van der Waals surface area contributed by atoms with Gasteiger partial charge in [0.1, 0.15) is 11.6 Å². The van der Waals surface area contributed by atoms with Gasteiger partial charge in [-0.25, -0.2) is 22.2 Å². The minimum Gasteiger partial charge on any atom is -0.345 e. The summed E-state index contributed by atoms with van der Waals surface area (Å²) in [5.74, 6) is -1.12. The third kappa shape index (κ3) is 4.85. The Balaban J connectivity index is 1.41. The molecule has 0 saturated carbocycles. The van der Waals surface area contributed by atoms with Crippen LogP contribution in [-0.2, 0) is 16.4 Å². The van der Waals surface area contributed by atoms with Gasteiger partial charge in [-0.1, -0.05) is 29.3 Å². The van der Waals surface area contributed by atoms with Crippen LogP contribution in [0.2, 0.25) is 10.0 Å². The molecular weight excluding hydrogens is 487 g/mol. The number of halogens is 4. The Labute approximate surface area is 192 Å². The van der Waals surface area contributed by atoms with E-state index in [2.05, 4.69) is 4.98 Å². The van der Waals surface area contributed by atoms with E-state index in [1.54, 1.807) is 12.1 Å². The van der Waals surface area contributed by atoms with Gasteiger partial charge in [0.25, 0.3) is 0 Å². The van der Waals surface area contributed by atoms with Crippen molar-refractivity contribution < 1.29 is 17.2 Å². The first-order chi connectivity index (χ1) is 14.7. The molecule has 3 aromatic rings. The average molecular weight is 504 g/mol. The van der Waals surface area contributed by atoms with Gasteiger partial charge in [0.05, 0.1) is 20.6 Å². The number of piperazine rings is 1. The van der Waals surface area contributed by atoms with Crippen molar-refractivity contribution in [3.8, 4) is 0 Å². The highest BCUT2D eigenvalue weighted by Gasteiger charge is 2.30. The number of thiazole rings is 1. The van der Waals surface area contributed by atoms with Crippen LogP contribution in [0.5, 0.6) is 0 Å². The first kappa shape index (κ1) is 22.4. The first-order valence-corrected chi connectivity index (χ1v) is 12.4. The van der Waals surface area contributed by atoms with Crippen molar-refractivity contribution in [2.75, 3.05) is 31.1 Å². The van der Waals surface area contributed by atoms with E-state index in [4.69, 9.17) is 23.2 Å². The summed E-state index contributed by atoms with van der Waals surface area (Å²) >= 11 is 13.0. The zero-order chi connectivity index (χ0) is 22.2. The second-order valence-corrected chi connectivity index (χ2v) is 10.6. The number of rotatable bonds is 5. The zero-order valence-corrected chi connectivity index (χ0v) is 19.2. The largest absolute Gasteiger partial charge is 0.345 e. The molecule has 0 spiro atoms. The van der Waals surface area contributed by atoms with Gasteiger partial charge in [0.15, 0.2) is 5.13 Å². The molecule has 1 fully saturated rings. The van der Waals surface area contributed by atoms with Crippen molar-refractivity contribution in [2.45, 2.75) is 11.3 Å². The fourth-order valence-corrected chi connectivity index (χ4v) is 6.06. The summed E-state index contributed by atoms with van der Waals surface area (Å²) < 4.78 is 53.7. The Hall–Kier alpha value is -1.78. The number of sulfonamides is 1. The lowest BCUT2D eigenvalue weighted by atomic mass is 10.1. The maximum absolute atomic E-state index is 13.4. The molecule has 0 amide bonds. The van der Waals surface area contributed by atoms with Crippen LogP contribution in [0.15, 0.2) is 46.7 Å². The van der Waals surface area contributed by atoms with Gasteiger partial charge in [-0.3, -0.25) is 0 Å². The van der Waals surface area contributed by atoms with Crippen molar-refractivity contribution >= 4 is 49.7 Å². The van der Waals surface area contributed by atoms with Crippen LogP contribution in [0, 0.1) is 11.6 Å². The van der Waals surface area contributed by atoms with Crippen molar-refractivity contribution in [3.63, 3.8) is 0 Å². The molecule has 1 saturated heterocycles. The number of anilines is 1. The maximum atomic E-state index is 13.4. The summed E-state index contributed by atoms with van der Waals surface area (Å²) in [6.07, 6.45) is 0.524. The van der Waals surface area contributed by atoms with Crippen molar-refractivity contribution in [1.82, 2.24) is 9.29 Å². The molecule has 0 N–H and O–H groups in total. The minimum atomic E-state index is -3.75. The molecule has 0 atom stereocenters. The van der Waals surface area contributed by atoms with Crippen molar-refractivity contribution in [1.29, 1.82) is 0 Å². The van der Waals surface area contributed by atoms with E-state index in [9.17, 15) is 17.2 Å². The molecule has 1 aromatic heterocycles. The summed E-state index contributed by atoms with van der Waals surface area (Å²) in [5.41, 5.74) is 1.69. The Morgan fingerprint density at radius 3 is 2.26 bits per heavy atom. The van der Waals surface area contributed by atoms with Gasteiger partial charge in [-0.2, -0.15) is 4.31 Å². The summed E-state index contributed by atoms with van der Waals surface area (Å²) in [6, 6.07) is 7.99. The van der Waals surface area contributed by atoms with Crippen molar-refractivity contribution in [2.24, 2.45) is 0 Å². The van der Waals surface area contributed by atoms with Gasteiger partial charge < -0.3 is 4.90 Å². The van der Waals surface area contributed by atoms with Crippen LogP contribution in [0.25, 0.3) is 0 Å². The SMILES string of the molecule is O=S(=O)(c1ccc(F)c(Cl)c1)N1CCN(c2nc(Cc3ccc(F)c(Cl)c3)cs2)CC1. The Morgan fingerprint density at radius 1 is 0.968 bits per heavy atom. The van der Waals surface area contributed by atoms with Gasteiger partial charge in [-0.05, 0) is 35.9 Å². The predicted octanol–water partition coefficient (Wildman–Crippen LogP) is 4.83. The minimum absolute atomic E-state index is 0.0261. The number of benzene rings is 2. The first-order valence-electron chi connectivity index (χ1n) is 9.32. The fraction of sp³-hybridized carbons (Fsp3) is 0.250. The van der Waals surface area contributed by atoms with Crippen LogP contribution in [0.1, 0.15) is 11.3 Å². The van der Waals surface area contributed by atoms with E-state index < -0.39 is 21.7 Å². The normalized spacial score (nSPS) is 15.4. The molecular formula is C20H17Cl2F2N3O2S2. The molecule has 31 heavy (non-hydrogen) atoms. The maximum Gasteiger partial charge on any atom is 0.243 e. The van der Waals surface area contributed by atoms with E-state index in [0.29, 0.717) is 19.5 Å². The van der Waals surface area contributed by atoms with Gasteiger partial charge in [-0.15, -0.1) is 11.3 Å². The molecule has 1 aliphatic heterocycles. The quantitative estimate of drug-likeness (QED) is 0.500. The summed E-state index contributed by atoms with van der Waals surface area (Å²) in [6.45, 7) is 1.51. The molecule has 1 aliphatic rings. The number of hydrogen-bond donors (Lipinski definition) is 0. The third-order valence-corrected chi connectivity index (χ3v) is 8.37. The predicted molar refractivity (Wildman–Crippen MR) is 119 cm³/mol. The highest BCUT2D eigenvalue weighted by molar-refractivity contribution is 7.89. The number of nitrogens with zero attached hydrogens (tertiary/aromatic N) is 3. The van der Waals surface area contributed by atoms with Crippen LogP contribution < -0.4 is 4.90 Å². The van der Waals surface area contributed by atoms with E-state index in [1.807, 2.05) is 10.3 Å². The Kier molecular flexibility index (Phi) is 6.50. The van der Waals surface area contributed by atoms with Gasteiger partial charge >= 0.3 is 0 Å². The lowest BCUT2D eigenvalue weighted by molar-refractivity contribution is 0.384. The van der Waals surface area contributed by atoms with E-state index >= 15 is 0 Å². The second-order valence-electron chi connectivity index (χ2n) is 7.01.